The third-order valence-electron chi connectivity index (χ3n) is 3.76. The molecular weight excluding hydrogens is 312 g/mol. The van der Waals surface area contributed by atoms with Crippen LogP contribution in [-0.4, -0.2) is 55.9 Å². The minimum absolute atomic E-state index is 0.0554. The van der Waals surface area contributed by atoms with Gasteiger partial charge in [-0.25, -0.2) is 0 Å². The molecule has 0 bridgehead atoms. The Kier molecular flexibility index (Phi) is 13.4. The maximum atomic E-state index is 10.4. The van der Waals surface area contributed by atoms with Crippen molar-refractivity contribution in [3.8, 4) is 0 Å². The molecule has 140 valence electrons. The van der Waals surface area contributed by atoms with Crippen molar-refractivity contribution in [1.29, 1.82) is 0 Å². The lowest BCUT2D eigenvalue weighted by Gasteiger charge is -2.14. The first-order valence-corrected chi connectivity index (χ1v) is 8.67. The zero-order chi connectivity index (χ0) is 18.4. The van der Waals surface area contributed by atoms with Gasteiger partial charge in [0.2, 0.25) is 0 Å². The number of allylic oxidation sites excluding steroid dienone is 2. The van der Waals surface area contributed by atoms with Gasteiger partial charge in [0.15, 0.2) is 0 Å². The number of carbonyl (C=O) groups is 1. The number of aliphatic hydroxyl groups excluding tert-OH is 4. The highest BCUT2D eigenvalue weighted by Crippen LogP contribution is 2.09. The first-order valence-electron chi connectivity index (χ1n) is 8.67. The third-order valence-corrected chi connectivity index (χ3v) is 3.76. The van der Waals surface area contributed by atoms with Crippen LogP contribution in [-0.2, 0) is 4.79 Å². The van der Waals surface area contributed by atoms with Gasteiger partial charge in [0, 0.05) is 6.42 Å². The Morgan fingerprint density at radius 2 is 1.29 bits per heavy atom. The minimum atomic E-state index is -1.05. The third kappa shape index (κ3) is 12.2. The summed E-state index contributed by atoms with van der Waals surface area (Å²) >= 11 is 0. The monoisotopic (exact) mass is 344 g/mol. The number of hydrogen-bond acceptors (Lipinski definition) is 5. The number of aliphatic carboxylic acids is 1. The van der Waals surface area contributed by atoms with Crippen molar-refractivity contribution in [3.63, 3.8) is 0 Å². The summed E-state index contributed by atoms with van der Waals surface area (Å²) in [6.45, 7) is 2.07. The van der Waals surface area contributed by atoms with Gasteiger partial charge in [-0.05, 0) is 19.3 Å². The number of carboxylic acids is 1. The number of carboxylic acid groups (broad SMARTS) is 1. The van der Waals surface area contributed by atoms with Crippen molar-refractivity contribution in [3.05, 3.63) is 24.3 Å². The van der Waals surface area contributed by atoms with Crippen LogP contribution in [0.15, 0.2) is 24.3 Å². The highest BCUT2D eigenvalue weighted by Gasteiger charge is 2.13. The summed E-state index contributed by atoms with van der Waals surface area (Å²) in [6, 6.07) is 0. The average Bonchev–Trinajstić information content (AvgIpc) is 2.54. The molecule has 0 aliphatic carbocycles. The van der Waals surface area contributed by atoms with Gasteiger partial charge in [-0.3, -0.25) is 4.79 Å². The van der Waals surface area contributed by atoms with E-state index in [0.717, 1.165) is 19.3 Å². The summed E-state index contributed by atoms with van der Waals surface area (Å²) in [5.41, 5.74) is 0. The molecule has 0 aliphatic rings. The fourth-order valence-electron chi connectivity index (χ4n) is 2.19. The molecule has 5 N–H and O–H groups in total. The van der Waals surface area contributed by atoms with Crippen LogP contribution in [0.4, 0.5) is 0 Å². The smallest absolute Gasteiger partial charge is 0.303 e. The van der Waals surface area contributed by atoms with Gasteiger partial charge >= 0.3 is 5.97 Å². The molecule has 24 heavy (non-hydrogen) atoms. The van der Waals surface area contributed by atoms with E-state index in [1.54, 1.807) is 0 Å². The van der Waals surface area contributed by atoms with E-state index < -0.39 is 30.4 Å². The van der Waals surface area contributed by atoms with E-state index in [-0.39, 0.29) is 6.42 Å². The molecule has 0 aromatic rings. The van der Waals surface area contributed by atoms with Crippen LogP contribution in [0.5, 0.6) is 0 Å². The van der Waals surface area contributed by atoms with E-state index >= 15 is 0 Å². The molecule has 6 heteroatoms. The lowest BCUT2D eigenvalue weighted by atomic mass is 10.0. The second-order valence-corrected chi connectivity index (χ2v) is 6.02. The fraction of sp³-hybridized carbons (Fsp3) is 0.722. The number of rotatable bonds is 14. The Labute approximate surface area is 144 Å². The molecule has 4 atom stereocenters. The minimum Gasteiger partial charge on any atom is -0.481 e. The summed E-state index contributed by atoms with van der Waals surface area (Å²) in [5.74, 6) is -0.870. The Morgan fingerprint density at radius 1 is 0.833 bits per heavy atom. The molecule has 0 radical (unpaired) electrons. The van der Waals surface area contributed by atoms with Crippen LogP contribution in [0.2, 0.25) is 0 Å². The van der Waals surface area contributed by atoms with Gasteiger partial charge in [0.25, 0.3) is 0 Å². The molecular formula is C18H32O6. The van der Waals surface area contributed by atoms with Crippen molar-refractivity contribution in [2.24, 2.45) is 0 Å². The summed E-state index contributed by atoms with van der Waals surface area (Å²) in [4.78, 5) is 10.4. The highest BCUT2D eigenvalue weighted by molar-refractivity contribution is 5.66. The molecule has 0 aromatic heterocycles. The zero-order valence-corrected chi connectivity index (χ0v) is 14.4. The van der Waals surface area contributed by atoms with Crippen LogP contribution in [0.1, 0.15) is 58.3 Å². The standard InChI is InChI=1S/C18H32O6/c1-2-3-4-9-14(19)15(20)10-5-6-11-16(21)17(22)12-7-8-13-18(23)24/h5-6,10-11,14-17,19-22H,2-4,7-9,12-13H2,1H3,(H,23,24). The molecule has 0 rings (SSSR count). The Morgan fingerprint density at radius 3 is 1.71 bits per heavy atom. The normalized spacial score (nSPS) is 17.2. The van der Waals surface area contributed by atoms with Gasteiger partial charge in [-0.15, -0.1) is 0 Å². The second kappa shape index (κ2) is 14.2. The van der Waals surface area contributed by atoms with Crippen LogP contribution in [0.3, 0.4) is 0 Å². The zero-order valence-electron chi connectivity index (χ0n) is 14.4. The van der Waals surface area contributed by atoms with E-state index in [0.29, 0.717) is 25.7 Å². The number of unbranched alkanes of at least 4 members (excludes halogenated alkanes) is 3. The first-order chi connectivity index (χ1) is 11.4. The van der Waals surface area contributed by atoms with Gasteiger partial charge in [-0.1, -0.05) is 56.9 Å². The lowest BCUT2D eigenvalue weighted by molar-refractivity contribution is -0.137. The van der Waals surface area contributed by atoms with Crippen LogP contribution in [0, 0.1) is 0 Å². The van der Waals surface area contributed by atoms with Crippen LogP contribution in [0.25, 0.3) is 0 Å². The molecule has 0 heterocycles. The molecule has 6 nitrogen and oxygen atoms in total. The van der Waals surface area contributed by atoms with Gasteiger partial charge in [0.05, 0.1) is 24.4 Å². The predicted octanol–water partition coefficient (Wildman–Crippen LogP) is 1.77. The van der Waals surface area contributed by atoms with E-state index in [4.69, 9.17) is 5.11 Å². The average molecular weight is 344 g/mol. The topological polar surface area (TPSA) is 118 Å². The largest absolute Gasteiger partial charge is 0.481 e. The molecule has 0 saturated carbocycles. The molecule has 0 fully saturated rings. The second-order valence-electron chi connectivity index (χ2n) is 6.02. The van der Waals surface area contributed by atoms with Crippen LogP contribution < -0.4 is 0 Å². The van der Waals surface area contributed by atoms with Crippen molar-refractivity contribution in [2.75, 3.05) is 0 Å². The fourth-order valence-corrected chi connectivity index (χ4v) is 2.19. The Hall–Kier alpha value is -1.21. The van der Waals surface area contributed by atoms with Crippen molar-refractivity contribution < 1.29 is 30.3 Å². The predicted molar refractivity (Wildman–Crippen MR) is 92.6 cm³/mol. The molecule has 0 spiro atoms. The lowest BCUT2D eigenvalue weighted by Crippen LogP contribution is -2.24. The van der Waals surface area contributed by atoms with Gasteiger partial charge in [-0.2, -0.15) is 0 Å². The molecule has 0 amide bonds. The highest BCUT2D eigenvalue weighted by atomic mass is 16.4. The molecule has 0 aromatic carbocycles. The maximum absolute atomic E-state index is 10.4. The summed E-state index contributed by atoms with van der Waals surface area (Å²) in [6.07, 6.45) is 6.96. The Balaban J connectivity index is 4.02. The van der Waals surface area contributed by atoms with E-state index in [2.05, 4.69) is 6.92 Å². The summed E-state index contributed by atoms with van der Waals surface area (Å²) in [7, 11) is 0. The quantitative estimate of drug-likeness (QED) is 0.242. The van der Waals surface area contributed by atoms with Crippen molar-refractivity contribution >= 4 is 5.97 Å². The SMILES string of the molecule is CCCCCC(O)C(O)C=CC=CC(O)C(O)CCCCC(=O)O. The maximum Gasteiger partial charge on any atom is 0.303 e. The molecule has 0 aliphatic heterocycles. The first kappa shape index (κ1) is 22.8. The number of aliphatic hydroxyl groups is 4. The summed E-state index contributed by atoms with van der Waals surface area (Å²) in [5, 5.41) is 47.5. The summed E-state index contributed by atoms with van der Waals surface area (Å²) < 4.78 is 0. The molecule has 0 saturated heterocycles. The van der Waals surface area contributed by atoms with Gasteiger partial charge < -0.3 is 25.5 Å². The number of hydrogen-bond donors (Lipinski definition) is 5. The van der Waals surface area contributed by atoms with E-state index in [1.807, 2.05) is 0 Å². The van der Waals surface area contributed by atoms with E-state index in [1.165, 1.54) is 24.3 Å². The van der Waals surface area contributed by atoms with Crippen molar-refractivity contribution in [1.82, 2.24) is 0 Å². The Bertz CT molecular complexity index is 380. The van der Waals surface area contributed by atoms with Gasteiger partial charge in [0.1, 0.15) is 0 Å². The van der Waals surface area contributed by atoms with Crippen molar-refractivity contribution in [2.45, 2.75) is 82.7 Å². The van der Waals surface area contributed by atoms with E-state index in [9.17, 15) is 25.2 Å². The van der Waals surface area contributed by atoms with Crippen LogP contribution >= 0.6 is 0 Å². The molecule has 4 unspecified atom stereocenters.